The Balaban J connectivity index is 2.08. The second-order valence-corrected chi connectivity index (χ2v) is 5.00. The number of hydrogen-bond acceptors (Lipinski definition) is 4. The van der Waals surface area contributed by atoms with Crippen LogP contribution in [0.5, 0.6) is 5.75 Å². The molecule has 0 unspecified atom stereocenters. The molecule has 1 aromatic rings. The summed E-state index contributed by atoms with van der Waals surface area (Å²) in [5.74, 6) is 0.845. The summed E-state index contributed by atoms with van der Waals surface area (Å²) in [6.45, 7) is 2.40. The number of benzene rings is 1. The second-order valence-electron chi connectivity index (χ2n) is 5.00. The number of nitrogens with one attached hydrogen (secondary N) is 1. The zero-order valence-electron chi connectivity index (χ0n) is 11.1. The quantitative estimate of drug-likeness (QED) is 0.844. The Labute approximate surface area is 109 Å². The number of nitrogens with zero attached hydrogens (tertiary/aromatic N) is 1. The van der Waals surface area contributed by atoms with Gasteiger partial charge < -0.3 is 20.1 Å². The fourth-order valence-corrected chi connectivity index (χ4v) is 2.52. The van der Waals surface area contributed by atoms with Gasteiger partial charge in [-0.15, -0.1) is 0 Å². The highest BCUT2D eigenvalue weighted by Crippen LogP contribution is 2.29. The van der Waals surface area contributed by atoms with Crippen LogP contribution in [-0.2, 0) is 0 Å². The third-order valence-corrected chi connectivity index (χ3v) is 3.56. The maximum absolute atomic E-state index is 10.5. The zero-order chi connectivity index (χ0) is 13.0. The summed E-state index contributed by atoms with van der Waals surface area (Å²) in [5.41, 5.74) is 0.424. The van der Waals surface area contributed by atoms with E-state index in [4.69, 9.17) is 4.74 Å². The van der Waals surface area contributed by atoms with Gasteiger partial charge >= 0.3 is 0 Å². The molecule has 2 N–H and O–H groups in total. The van der Waals surface area contributed by atoms with Crippen molar-refractivity contribution in [1.82, 2.24) is 5.32 Å². The van der Waals surface area contributed by atoms with Gasteiger partial charge in [-0.25, -0.2) is 0 Å². The minimum absolute atomic E-state index is 0.596. The molecule has 18 heavy (non-hydrogen) atoms. The van der Waals surface area contributed by atoms with Gasteiger partial charge in [0.05, 0.1) is 18.4 Å². The van der Waals surface area contributed by atoms with Gasteiger partial charge in [-0.3, -0.25) is 0 Å². The molecule has 0 radical (unpaired) electrons. The first-order valence-corrected chi connectivity index (χ1v) is 6.42. The van der Waals surface area contributed by atoms with Crippen LogP contribution in [0.1, 0.15) is 12.8 Å². The molecule has 1 fully saturated rings. The molecule has 0 saturated carbocycles. The summed E-state index contributed by atoms with van der Waals surface area (Å²) in [4.78, 5) is 2.07. The standard InChI is InChI=1S/C14H22N2O2/c1-16(11-14(17)7-9-15-10-8-14)12-5-3-4-6-13(12)18-2/h3-6,15,17H,7-11H2,1-2H3. The third kappa shape index (κ3) is 2.94. The lowest BCUT2D eigenvalue weighted by Gasteiger charge is -2.37. The minimum Gasteiger partial charge on any atom is -0.495 e. The fourth-order valence-electron chi connectivity index (χ4n) is 2.52. The van der Waals surface area contributed by atoms with E-state index in [0.717, 1.165) is 37.4 Å². The SMILES string of the molecule is COc1ccccc1N(C)CC1(O)CCNCC1. The Morgan fingerprint density at radius 2 is 2.00 bits per heavy atom. The molecular formula is C14H22N2O2. The van der Waals surface area contributed by atoms with Gasteiger partial charge in [0.1, 0.15) is 5.75 Å². The number of ether oxygens (including phenoxy) is 1. The van der Waals surface area contributed by atoms with Gasteiger partial charge in [0, 0.05) is 13.6 Å². The number of anilines is 1. The maximum Gasteiger partial charge on any atom is 0.142 e. The van der Waals surface area contributed by atoms with Crippen LogP contribution in [-0.4, -0.2) is 44.5 Å². The number of para-hydroxylation sites is 2. The van der Waals surface area contributed by atoms with Crippen LogP contribution in [0, 0.1) is 0 Å². The number of rotatable bonds is 4. The van der Waals surface area contributed by atoms with E-state index in [9.17, 15) is 5.11 Å². The minimum atomic E-state index is -0.596. The predicted octanol–water partition coefficient (Wildman–Crippen LogP) is 1.25. The van der Waals surface area contributed by atoms with E-state index >= 15 is 0 Å². The summed E-state index contributed by atoms with van der Waals surface area (Å²) in [6.07, 6.45) is 1.60. The average molecular weight is 250 g/mol. The average Bonchev–Trinajstić information content (AvgIpc) is 2.39. The van der Waals surface area contributed by atoms with Crippen LogP contribution in [0.4, 0.5) is 5.69 Å². The molecule has 4 nitrogen and oxygen atoms in total. The van der Waals surface area contributed by atoms with Crippen molar-refractivity contribution in [1.29, 1.82) is 0 Å². The number of methoxy groups -OCH3 is 1. The van der Waals surface area contributed by atoms with Gasteiger partial charge in [-0.05, 0) is 38.1 Å². The van der Waals surface area contributed by atoms with Gasteiger partial charge in [-0.1, -0.05) is 12.1 Å². The van der Waals surface area contributed by atoms with Crippen LogP contribution in [0.2, 0.25) is 0 Å². The smallest absolute Gasteiger partial charge is 0.142 e. The molecule has 1 aromatic carbocycles. The van der Waals surface area contributed by atoms with E-state index in [1.54, 1.807) is 7.11 Å². The van der Waals surface area contributed by atoms with Gasteiger partial charge in [0.2, 0.25) is 0 Å². The molecule has 0 amide bonds. The van der Waals surface area contributed by atoms with Crippen LogP contribution < -0.4 is 15.0 Å². The molecule has 0 aliphatic carbocycles. The van der Waals surface area contributed by atoms with Crippen molar-refractivity contribution in [3.05, 3.63) is 24.3 Å². The van der Waals surface area contributed by atoms with Gasteiger partial charge in [-0.2, -0.15) is 0 Å². The Kier molecular flexibility index (Phi) is 4.09. The van der Waals surface area contributed by atoms with E-state index < -0.39 is 5.60 Å². The highest BCUT2D eigenvalue weighted by Gasteiger charge is 2.30. The lowest BCUT2D eigenvalue weighted by atomic mass is 9.92. The van der Waals surface area contributed by atoms with Crippen molar-refractivity contribution >= 4 is 5.69 Å². The molecule has 1 aliphatic heterocycles. The second kappa shape index (κ2) is 5.59. The number of likely N-dealkylation sites (N-methyl/N-ethyl adjacent to an activating group) is 1. The molecule has 0 spiro atoms. The predicted molar refractivity (Wildman–Crippen MR) is 73.3 cm³/mol. The molecule has 0 aromatic heterocycles. The Hall–Kier alpha value is -1.26. The first-order valence-electron chi connectivity index (χ1n) is 6.42. The summed E-state index contributed by atoms with van der Waals surface area (Å²) in [5, 5.41) is 13.8. The molecule has 1 saturated heterocycles. The van der Waals surface area contributed by atoms with Crippen LogP contribution in [0.25, 0.3) is 0 Å². The first kappa shape index (κ1) is 13.2. The van der Waals surface area contributed by atoms with E-state index in [1.165, 1.54) is 0 Å². The number of piperidine rings is 1. The summed E-state index contributed by atoms with van der Waals surface area (Å²) in [6, 6.07) is 7.90. The van der Waals surface area contributed by atoms with Gasteiger partial charge in [0.25, 0.3) is 0 Å². The molecular weight excluding hydrogens is 228 g/mol. The Bertz CT molecular complexity index is 389. The molecule has 100 valence electrons. The molecule has 1 heterocycles. The summed E-state index contributed by atoms with van der Waals surface area (Å²) >= 11 is 0. The van der Waals surface area contributed by atoms with Crippen molar-refractivity contribution in [2.24, 2.45) is 0 Å². The largest absolute Gasteiger partial charge is 0.495 e. The summed E-state index contributed by atoms with van der Waals surface area (Å²) < 4.78 is 5.35. The molecule has 1 aliphatic rings. The van der Waals surface area contributed by atoms with E-state index in [1.807, 2.05) is 31.3 Å². The van der Waals surface area contributed by atoms with Crippen molar-refractivity contribution in [3.8, 4) is 5.75 Å². The van der Waals surface area contributed by atoms with Crippen LogP contribution in [0.3, 0.4) is 0 Å². The third-order valence-electron chi connectivity index (χ3n) is 3.56. The van der Waals surface area contributed by atoms with Gasteiger partial charge in [0.15, 0.2) is 0 Å². The highest BCUT2D eigenvalue weighted by molar-refractivity contribution is 5.58. The Morgan fingerprint density at radius 3 is 2.67 bits per heavy atom. The normalized spacial score (nSPS) is 18.4. The molecule has 2 rings (SSSR count). The Morgan fingerprint density at radius 1 is 1.33 bits per heavy atom. The van der Waals surface area contributed by atoms with E-state index in [0.29, 0.717) is 6.54 Å². The molecule has 0 atom stereocenters. The first-order chi connectivity index (χ1) is 8.64. The van der Waals surface area contributed by atoms with Crippen LogP contribution in [0.15, 0.2) is 24.3 Å². The fraction of sp³-hybridized carbons (Fsp3) is 0.571. The van der Waals surface area contributed by atoms with Crippen molar-refractivity contribution in [2.75, 3.05) is 38.7 Å². The van der Waals surface area contributed by atoms with E-state index in [2.05, 4.69) is 10.2 Å². The van der Waals surface area contributed by atoms with Crippen molar-refractivity contribution in [2.45, 2.75) is 18.4 Å². The number of hydrogen-bond donors (Lipinski definition) is 2. The monoisotopic (exact) mass is 250 g/mol. The lowest BCUT2D eigenvalue weighted by Crippen LogP contribution is -2.49. The van der Waals surface area contributed by atoms with E-state index in [-0.39, 0.29) is 0 Å². The number of aliphatic hydroxyl groups is 1. The van der Waals surface area contributed by atoms with Crippen molar-refractivity contribution in [3.63, 3.8) is 0 Å². The molecule has 4 heteroatoms. The van der Waals surface area contributed by atoms with Crippen LogP contribution >= 0.6 is 0 Å². The van der Waals surface area contributed by atoms with Crippen molar-refractivity contribution < 1.29 is 9.84 Å². The summed E-state index contributed by atoms with van der Waals surface area (Å²) in [7, 11) is 3.67. The highest BCUT2D eigenvalue weighted by atomic mass is 16.5. The topological polar surface area (TPSA) is 44.7 Å². The maximum atomic E-state index is 10.5. The molecule has 0 bridgehead atoms. The zero-order valence-corrected chi connectivity index (χ0v) is 11.1. The lowest BCUT2D eigenvalue weighted by molar-refractivity contribution is 0.0183.